The molecule has 1 aromatic rings. The molecule has 0 aliphatic heterocycles. The van der Waals surface area contributed by atoms with E-state index in [1.54, 1.807) is 0 Å². The lowest BCUT2D eigenvalue weighted by atomic mass is 10.1. The number of hydrogen-bond donors (Lipinski definition) is 1. The summed E-state index contributed by atoms with van der Waals surface area (Å²) < 4.78 is 0. The first-order valence-electron chi connectivity index (χ1n) is 5.14. The van der Waals surface area contributed by atoms with Gasteiger partial charge in [0.2, 0.25) is 0 Å². The predicted octanol–water partition coefficient (Wildman–Crippen LogP) is 2.47. The molecule has 0 radical (unpaired) electrons. The highest BCUT2D eigenvalue weighted by Gasteiger charge is 1.94. The highest BCUT2D eigenvalue weighted by molar-refractivity contribution is 5.56. The highest BCUT2D eigenvalue weighted by atomic mass is 15.0. The monoisotopic (exact) mass is 204 g/mol. The maximum Gasteiger partial charge on any atom is 0.0496 e. The Balaban J connectivity index is 0.000000921. The highest BCUT2D eigenvalue weighted by Crippen LogP contribution is 2.11. The molecule has 0 spiro atoms. The summed E-state index contributed by atoms with van der Waals surface area (Å²) >= 11 is 0. The summed E-state index contributed by atoms with van der Waals surface area (Å²) in [5.41, 5.74) is 8.57. The number of benzene rings is 1. The van der Waals surface area contributed by atoms with Gasteiger partial charge in [0.25, 0.3) is 0 Å². The van der Waals surface area contributed by atoms with E-state index in [4.69, 9.17) is 5.73 Å². The van der Waals surface area contributed by atoms with Gasteiger partial charge in [-0.25, -0.2) is 0 Å². The van der Waals surface area contributed by atoms with Crippen LogP contribution in [0.5, 0.6) is 0 Å². The van der Waals surface area contributed by atoms with Gasteiger partial charge in [-0.15, -0.1) is 0 Å². The molecule has 0 heterocycles. The van der Waals surface area contributed by atoms with E-state index in [-0.39, 0.29) is 0 Å². The molecule has 1 rings (SSSR count). The summed E-state index contributed by atoms with van der Waals surface area (Å²) in [6.07, 6.45) is 0. The molecule has 0 aliphatic rings. The number of rotatable bonds is 0. The van der Waals surface area contributed by atoms with Gasteiger partial charge in [-0.2, -0.15) is 0 Å². The SMILES string of the molecule is CC.Cc1ccc(N)c(C#CN(C)C)c1. The second-order valence-corrected chi connectivity index (χ2v) is 3.22. The van der Waals surface area contributed by atoms with Crippen LogP contribution in [0.2, 0.25) is 0 Å². The number of nitrogen functional groups attached to an aromatic ring is 1. The van der Waals surface area contributed by atoms with E-state index in [1.807, 2.05) is 58.0 Å². The molecule has 0 fully saturated rings. The van der Waals surface area contributed by atoms with Crippen molar-refractivity contribution < 1.29 is 0 Å². The van der Waals surface area contributed by atoms with E-state index < -0.39 is 0 Å². The fourth-order valence-electron chi connectivity index (χ4n) is 0.950. The molecule has 2 nitrogen and oxygen atoms in total. The van der Waals surface area contributed by atoms with Crippen LogP contribution in [0.3, 0.4) is 0 Å². The third-order valence-corrected chi connectivity index (χ3v) is 1.62. The van der Waals surface area contributed by atoms with Crippen molar-refractivity contribution in [1.29, 1.82) is 0 Å². The fourth-order valence-corrected chi connectivity index (χ4v) is 0.950. The van der Waals surface area contributed by atoms with Crippen molar-refractivity contribution in [3.8, 4) is 12.0 Å². The normalized spacial score (nSPS) is 8.07. The number of hydrogen-bond acceptors (Lipinski definition) is 2. The first-order chi connectivity index (χ1) is 7.09. The quantitative estimate of drug-likeness (QED) is 0.399. The van der Waals surface area contributed by atoms with Crippen LogP contribution >= 0.6 is 0 Å². The molecule has 82 valence electrons. The minimum absolute atomic E-state index is 0.736. The molecule has 0 saturated carbocycles. The standard InChI is InChI=1S/C11H14N2.C2H6/c1-9-4-5-11(12)10(8-9)6-7-13(2)3;1-2/h4-5,8H,12H2,1-3H3;1-2H3. The molecule has 0 aromatic heterocycles. The topological polar surface area (TPSA) is 29.3 Å². The molecular weight excluding hydrogens is 184 g/mol. The summed E-state index contributed by atoms with van der Waals surface area (Å²) in [6, 6.07) is 8.79. The number of nitrogens with two attached hydrogens (primary N) is 1. The summed E-state index contributed by atoms with van der Waals surface area (Å²) in [6.45, 7) is 6.03. The first kappa shape index (κ1) is 13.4. The van der Waals surface area contributed by atoms with Gasteiger partial charge in [0.05, 0.1) is 0 Å². The van der Waals surface area contributed by atoms with Crippen molar-refractivity contribution in [3.05, 3.63) is 29.3 Å². The van der Waals surface area contributed by atoms with E-state index in [2.05, 4.69) is 12.0 Å². The van der Waals surface area contributed by atoms with Crippen molar-refractivity contribution in [1.82, 2.24) is 4.90 Å². The summed E-state index contributed by atoms with van der Waals surface area (Å²) in [7, 11) is 3.80. The molecule has 1 aromatic carbocycles. The molecular formula is C13H20N2. The molecule has 0 amide bonds. The zero-order valence-electron chi connectivity index (χ0n) is 10.3. The Hall–Kier alpha value is -1.62. The molecule has 15 heavy (non-hydrogen) atoms. The van der Waals surface area contributed by atoms with Gasteiger partial charge < -0.3 is 10.6 Å². The summed E-state index contributed by atoms with van der Waals surface area (Å²) in [5, 5.41) is 0. The molecule has 0 saturated heterocycles. The Bertz CT molecular complexity index is 357. The number of anilines is 1. The number of nitrogens with zero attached hydrogens (tertiary/aromatic N) is 1. The Morgan fingerprint density at radius 3 is 2.33 bits per heavy atom. The van der Waals surface area contributed by atoms with E-state index in [1.165, 1.54) is 5.56 Å². The van der Waals surface area contributed by atoms with E-state index in [9.17, 15) is 0 Å². The van der Waals surface area contributed by atoms with E-state index >= 15 is 0 Å². The lowest BCUT2D eigenvalue weighted by Gasteiger charge is -2.01. The minimum Gasteiger partial charge on any atom is -0.398 e. The zero-order chi connectivity index (χ0) is 11.8. The van der Waals surface area contributed by atoms with E-state index in [0.29, 0.717) is 0 Å². The van der Waals surface area contributed by atoms with Crippen molar-refractivity contribution in [2.45, 2.75) is 20.8 Å². The van der Waals surface area contributed by atoms with Crippen LogP contribution in [0.25, 0.3) is 0 Å². The number of aryl methyl sites for hydroxylation is 1. The van der Waals surface area contributed by atoms with Crippen molar-refractivity contribution in [3.63, 3.8) is 0 Å². The van der Waals surface area contributed by atoms with Crippen LogP contribution in [0.15, 0.2) is 18.2 Å². The second-order valence-electron chi connectivity index (χ2n) is 3.22. The second kappa shape index (κ2) is 6.78. The molecule has 2 heteroatoms. The smallest absolute Gasteiger partial charge is 0.0496 e. The van der Waals surface area contributed by atoms with Crippen molar-refractivity contribution >= 4 is 5.69 Å². The lowest BCUT2D eigenvalue weighted by Crippen LogP contribution is -2.01. The van der Waals surface area contributed by atoms with Crippen LogP contribution < -0.4 is 5.73 Å². The lowest BCUT2D eigenvalue weighted by molar-refractivity contribution is 0.597. The van der Waals surface area contributed by atoms with Crippen LogP contribution in [-0.2, 0) is 0 Å². The first-order valence-corrected chi connectivity index (χ1v) is 5.14. The van der Waals surface area contributed by atoms with Gasteiger partial charge in [-0.05, 0) is 30.5 Å². The predicted molar refractivity (Wildman–Crippen MR) is 67.5 cm³/mol. The maximum atomic E-state index is 5.75. The van der Waals surface area contributed by atoms with Crippen LogP contribution in [0.4, 0.5) is 5.69 Å². The zero-order valence-corrected chi connectivity index (χ0v) is 10.3. The van der Waals surface area contributed by atoms with Gasteiger partial charge in [-0.3, -0.25) is 0 Å². The third-order valence-electron chi connectivity index (χ3n) is 1.62. The van der Waals surface area contributed by atoms with Gasteiger partial charge in [-0.1, -0.05) is 19.9 Å². The summed E-state index contributed by atoms with van der Waals surface area (Å²) in [5.74, 6) is 3.00. The van der Waals surface area contributed by atoms with Crippen LogP contribution in [0, 0.1) is 18.9 Å². The minimum atomic E-state index is 0.736. The largest absolute Gasteiger partial charge is 0.398 e. The maximum absolute atomic E-state index is 5.75. The van der Waals surface area contributed by atoms with Crippen LogP contribution in [0.1, 0.15) is 25.0 Å². The average molecular weight is 204 g/mol. The fraction of sp³-hybridized carbons (Fsp3) is 0.385. The molecule has 0 bridgehead atoms. The van der Waals surface area contributed by atoms with Gasteiger partial charge >= 0.3 is 0 Å². The van der Waals surface area contributed by atoms with Gasteiger partial charge in [0.15, 0.2) is 0 Å². The summed E-state index contributed by atoms with van der Waals surface area (Å²) in [4.78, 5) is 1.81. The van der Waals surface area contributed by atoms with Crippen molar-refractivity contribution in [2.24, 2.45) is 0 Å². The molecule has 2 N–H and O–H groups in total. The Morgan fingerprint density at radius 2 is 1.80 bits per heavy atom. The Kier molecular flexibility index (Phi) is 6.05. The average Bonchev–Trinajstić information content (AvgIpc) is 2.22. The van der Waals surface area contributed by atoms with Gasteiger partial charge in [0.1, 0.15) is 0 Å². The van der Waals surface area contributed by atoms with Crippen LogP contribution in [-0.4, -0.2) is 19.0 Å². The molecule has 0 aliphatic carbocycles. The Labute approximate surface area is 93.1 Å². The molecule has 0 atom stereocenters. The van der Waals surface area contributed by atoms with Gasteiger partial charge in [0, 0.05) is 31.4 Å². The van der Waals surface area contributed by atoms with Crippen molar-refractivity contribution in [2.75, 3.05) is 19.8 Å². The van der Waals surface area contributed by atoms with E-state index in [0.717, 1.165) is 11.3 Å². The third kappa shape index (κ3) is 4.97. The Morgan fingerprint density at radius 1 is 1.20 bits per heavy atom. The molecule has 0 unspecified atom stereocenters.